The lowest BCUT2D eigenvalue weighted by Gasteiger charge is -2.10. The van der Waals surface area contributed by atoms with Crippen LogP contribution in [0.1, 0.15) is 38.1 Å². The quantitative estimate of drug-likeness (QED) is 0.487. The molecule has 0 unspecified atom stereocenters. The van der Waals surface area contributed by atoms with Crippen LogP contribution in [-0.4, -0.2) is 29.8 Å². The van der Waals surface area contributed by atoms with Gasteiger partial charge in [-0.05, 0) is 49.4 Å². The van der Waals surface area contributed by atoms with Gasteiger partial charge in [0.05, 0.1) is 12.7 Å². The molecule has 0 bridgehead atoms. The van der Waals surface area contributed by atoms with E-state index < -0.39 is 11.9 Å². The number of rotatable bonds is 6. The summed E-state index contributed by atoms with van der Waals surface area (Å²) in [6, 6.07) is 16.8. The molecule has 0 atom stereocenters. The molecule has 1 amide bonds. The van der Waals surface area contributed by atoms with E-state index in [-0.39, 0.29) is 11.5 Å². The van der Waals surface area contributed by atoms with Gasteiger partial charge >= 0.3 is 5.97 Å². The van der Waals surface area contributed by atoms with Gasteiger partial charge in [-0.1, -0.05) is 18.2 Å². The molecular formula is C22H19N3O4. The topological polar surface area (TPSA) is 97.4 Å². The van der Waals surface area contributed by atoms with Gasteiger partial charge in [0.25, 0.3) is 5.91 Å². The second-order valence-electron chi connectivity index (χ2n) is 6.22. The molecule has 0 saturated carbocycles. The van der Waals surface area contributed by atoms with Crippen LogP contribution >= 0.6 is 0 Å². The minimum atomic E-state index is -0.434. The Labute approximate surface area is 167 Å². The van der Waals surface area contributed by atoms with Crippen LogP contribution in [0, 0.1) is 0 Å². The van der Waals surface area contributed by atoms with Gasteiger partial charge < -0.3 is 15.4 Å². The Kier molecular flexibility index (Phi) is 5.99. The molecule has 3 rings (SSSR count). The molecule has 2 N–H and O–H groups in total. The standard InChI is InChI=1S/C22H19N3O4/c1-14(26)15-5-3-8-18(11-15)25-21(27)20-13-19(9-10-23-20)24-17-7-4-6-16(12-17)22(28)29-2/h3-13H,1-2H3,(H,23,24)(H,25,27). The number of amides is 1. The van der Waals surface area contributed by atoms with Gasteiger partial charge in [0.15, 0.2) is 5.78 Å². The third-order valence-corrected chi connectivity index (χ3v) is 4.09. The molecular weight excluding hydrogens is 370 g/mol. The van der Waals surface area contributed by atoms with Crippen LogP contribution in [0.15, 0.2) is 66.9 Å². The number of methoxy groups -OCH3 is 1. The average molecular weight is 389 g/mol. The Bertz CT molecular complexity index is 1080. The van der Waals surface area contributed by atoms with Crippen LogP contribution in [-0.2, 0) is 4.74 Å². The van der Waals surface area contributed by atoms with E-state index in [1.807, 2.05) is 0 Å². The Hall–Kier alpha value is -4.00. The van der Waals surface area contributed by atoms with Crippen molar-refractivity contribution in [2.75, 3.05) is 17.7 Å². The summed E-state index contributed by atoms with van der Waals surface area (Å²) in [5.41, 5.74) is 2.93. The number of esters is 1. The number of pyridine rings is 1. The first-order valence-electron chi connectivity index (χ1n) is 8.80. The van der Waals surface area contributed by atoms with E-state index in [9.17, 15) is 14.4 Å². The number of nitrogens with one attached hydrogen (secondary N) is 2. The smallest absolute Gasteiger partial charge is 0.337 e. The first-order chi connectivity index (χ1) is 14.0. The van der Waals surface area contributed by atoms with E-state index in [1.165, 1.54) is 20.2 Å². The summed E-state index contributed by atoms with van der Waals surface area (Å²) >= 11 is 0. The number of anilines is 3. The number of nitrogens with zero attached hydrogens (tertiary/aromatic N) is 1. The van der Waals surface area contributed by atoms with Crippen LogP contribution < -0.4 is 10.6 Å². The monoisotopic (exact) mass is 389 g/mol. The number of ether oxygens (including phenoxy) is 1. The van der Waals surface area contributed by atoms with E-state index >= 15 is 0 Å². The normalized spacial score (nSPS) is 10.1. The number of benzene rings is 2. The molecule has 0 aliphatic rings. The van der Waals surface area contributed by atoms with Crippen LogP contribution in [0.25, 0.3) is 0 Å². The van der Waals surface area contributed by atoms with Crippen molar-refractivity contribution >= 4 is 34.7 Å². The largest absolute Gasteiger partial charge is 0.465 e. The van der Waals surface area contributed by atoms with Crippen molar-refractivity contribution in [1.29, 1.82) is 0 Å². The van der Waals surface area contributed by atoms with Crippen molar-refractivity contribution in [2.24, 2.45) is 0 Å². The Balaban J connectivity index is 1.75. The molecule has 0 aliphatic heterocycles. The zero-order valence-corrected chi connectivity index (χ0v) is 15.9. The van der Waals surface area contributed by atoms with Gasteiger partial charge in [0.1, 0.15) is 5.69 Å². The fraction of sp³-hybridized carbons (Fsp3) is 0.0909. The predicted octanol–water partition coefficient (Wildman–Crippen LogP) is 4.07. The van der Waals surface area contributed by atoms with E-state index in [0.29, 0.717) is 28.2 Å². The number of ketones is 1. The highest BCUT2D eigenvalue weighted by molar-refractivity contribution is 6.04. The SMILES string of the molecule is COC(=O)c1cccc(Nc2ccnc(C(=O)Nc3cccc(C(C)=O)c3)c2)c1. The third kappa shape index (κ3) is 5.04. The van der Waals surface area contributed by atoms with Gasteiger partial charge in [-0.25, -0.2) is 4.79 Å². The van der Waals surface area contributed by atoms with Gasteiger partial charge in [0.2, 0.25) is 0 Å². The highest BCUT2D eigenvalue weighted by atomic mass is 16.5. The maximum atomic E-state index is 12.5. The first-order valence-corrected chi connectivity index (χ1v) is 8.80. The lowest BCUT2D eigenvalue weighted by atomic mass is 10.1. The zero-order valence-electron chi connectivity index (χ0n) is 15.9. The minimum absolute atomic E-state index is 0.0837. The lowest BCUT2D eigenvalue weighted by Crippen LogP contribution is -2.14. The molecule has 7 heteroatoms. The molecule has 0 fully saturated rings. The molecule has 0 spiro atoms. The second-order valence-corrected chi connectivity index (χ2v) is 6.22. The summed E-state index contributed by atoms with van der Waals surface area (Å²) in [5.74, 6) is -0.923. The number of Topliss-reactive ketones (excluding diaryl/α,β-unsaturated/α-hetero) is 1. The third-order valence-electron chi connectivity index (χ3n) is 4.09. The molecule has 146 valence electrons. The molecule has 0 aliphatic carbocycles. The molecule has 1 aromatic heterocycles. The predicted molar refractivity (Wildman–Crippen MR) is 110 cm³/mol. The fourth-order valence-corrected chi connectivity index (χ4v) is 2.65. The van der Waals surface area contributed by atoms with Gasteiger partial charge in [-0.15, -0.1) is 0 Å². The Morgan fingerprint density at radius 1 is 0.862 bits per heavy atom. The van der Waals surface area contributed by atoms with Gasteiger partial charge in [-0.2, -0.15) is 0 Å². The Morgan fingerprint density at radius 3 is 2.24 bits per heavy atom. The molecule has 0 radical (unpaired) electrons. The van der Waals surface area contributed by atoms with Crippen LogP contribution in [0.5, 0.6) is 0 Å². The Morgan fingerprint density at radius 2 is 1.52 bits per heavy atom. The van der Waals surface area contributed by atoms with E-state index in [2.05, 4.69) is 15.6 Å². The zero-order chi connectivity index (χ0) is 20.8. The van der Waals surface area contributed by atoms with Crippen molar-refractivity contribution in [3.8, 4) is 0 Å². The summed E-state index contributed by atoms with van der Waals surface area (Å²) in [7, 11) is 1.32. The maximum absolute atomic E-state index is 12.5. The van der Waals surface area contributed by atoms with Crippen LogP contribution in [0.4, 0.5) is 17.1 Å². The molecule has 7 nitrogen and oxygen atoms in total. The summed E-state index contributed by atoms with van der Waals surface area (Å²) in [4.78, 5) is 39.8. The molecule has 2 aromatic carbocycles. The number of carbonyl (C=O) groups excluding carboxylic acids is 3. The first kappa shape index (κ1) is 19.8. The fourth-order valence-electron chi connectivity index (χ4n) is 2.65. The molecule has 3 aromatic rings. The number of hydrogen-bond acceptors (Lipinski definition) is 6. The van der Waals surface area contributed by atoms with Crippen molar-refractivity contribution in [1.82, 2.24) is 4.98 Å². The van der Waals surface area contributed by atoms with Crippen molar-refractivity contribution in [2.45, 2.75) is 6.92 Å². The second kappa shape index (κ2) is 8.79. The van der Waals surface area contributed by atoms with Crippen molar-refractivity contribution < 1.29 is 19.1 Å². The summed E-state index contributed by atoms with van der Waals surface area (Å²) in [5, 5.41) is 5.87. The van der Waals surface area contributed by atoms with Crippen LogP contribution in [0.3, 0.4) is 0 Å². The lowest BCUT2D eigenvalue weighted by molar-refractivity contribution is 0.0600. The van der Waals surface area contributed by atoms with Gasteiger partial charge in [0, 0.05) is 28.8 Å². The van der Waals surface area contributed by atoms with Gasteiger partial charge in [-0.3, -0.25) is 14.6 Å². The number of hydrogen-bond donors (Lipinski definition) is 2. The van der Waals surface area contributed by atoms with Crippen LogP contribution in [0.2, 0.25) is 0 Å². The highest BCUT2D eigenvalue weighted by Crippen LogP contribution is 2.19. The summed E-state index contributed by atoms with van der Waals surface area (Å²) in [6.45, 7) is 1.47. The molecule has 0 saturated heterocycles. The highest BCUT2D eigenvalue weighted by Gasteiger charge is 2.11. The number of aromatic nitrogens is 1. The van der Waals surface area contributed by atoms with E-state index in [4.69, 9.17) is 4.74 Å². The van der Waals surface area contributed by atoms with E-state index in [1.54, 1.807) is 60.7 Å². The molecule has 29 heavy (non-hydrogen) atoms. The number of carbonyl (C=O) groups is 3. The minimum Gasteiger partial charge on any atom is -0.465 e. The van der Waals surface area contributed by atoms with Crippen molar-refractivity contribution in [3.63, 3.8) is 0 Å². The molecule has 1 heterocycles. The van der Waals surface area contributed by atoms with Crippen molar-refractivity contribution in [3.05, 3.63) is 83.7 Å². The summed E-state index contributed by atoms with van der Waals surface area (Å²) in [6.07, 6.45) is 1.51. The van der Waals surface area contributed by atoms with E-state index in [0.717, 1.165) is 0 Å². The maximum Gasteiger partial charge on any atom is 0.337 e. The summed E-state index contributed by atoms with van der Waals surface area (Å²) < 4.78 is 4.72. The average Bonchev–Trinajstić information content (AvgIpc) is 2.73.